The topological polar surface area (TPSA) is 111 Å². The van der Waals surface area contributed by atoms with Crippen molar-refractivity contribution in [2.45, 2.75) is 102 Å². The van der Waals surface area contributed by atoms with Crippen molar-refractivity contribution in [1.29, 1.82) is 0 Å². The van der Waals surface area contributed by atoms with Crippen molar-refractivity contribution in [3.8, 4) is 11.8 Å². The van der Waals surface area contributed by atoms with E-state index < -0.39 is 54.2 Å². The number of cyclic esters (lactones) is 1. The van der Waals surface area contributed by atoms with Crippen LogP contribution >= 0.6 is 0 Å². The Kier molecular flexibility index (Phi) is 14.1. The Morgan fingerprint density at radius 2 is 1.22 bits per heavy atom. The fourth-order valence-corrected chi connectivity index (χ4v) is 6.32. The van der Waals surface area contributed by atoms with Crippen LogP contribution in [-0.4, -0.2) is 60.8 Å². The summed E-state index contributed by atoms with van der Waals surface area (Å²) >= 11 is 0. The molecule has 1 fully saturated rings. The number of fused-ring (bicyclic) bond motifs is 3. The van der Waals surface area contributed by atoms with Gasteiger partial charge in [0.05, 0.1) is 33.0 Å². The molecule has 2 aliphatic heterocycles. The molecule has 288 valence electrons. The summed E-state index contributed by atoms with van der Waals surface area (Å²) in [6.45, 7) is 6.46. The van der Waals surface area contributed by atoms with E-state index in [2.05, 4.69) is 17.2 Å². The number of hydrogen-bond donors (Lipinski definition) is 1. The van der Waals surface area contributed by atoms with E-state index in [0.29, 0.717) is 6.61 Å². The SMILES string of the molecule is CC(C)(C)OC(=O)N[C@@H]1CC#C[C@@H]2OC(COCc3ccccc3COC1=O)[C@@H](OCc1ccccc1)C(OCc1ccccc1)C2OCc1ccccc1. The Morgan fingerprint density at radius 1 is 0.709 bits per heavy atom. The van der Waals surface area contributed by atoms with Crippen molar-refractivity contribution in [3.05, 3.63) is 143 Å². The summed E-state index contributed by atoms with van der Waals surface area (Å²) in [6, 6.07) is 36.1. The number of carbonyl (C=O) groups excluding carboxylic acids is 2. The van der Waals surface area contributed by atoms with Gasteiger partial charge in [-0.15, -0.1) is 0 Å². The molecule has 1 saturated heterocycles. The van der Waals surface area contributed by atoms with E-state index >= 15 is 0 Å². The number of alkyl carbamates (subject to hydrolysis) is 1. The molecule has 55 heavy (non-hydrogen) atoms. The van der Waals surface area contributed by atoms with Crippen LogP contribution in [0.1, 0.15) is 55.0 Å². The number of carbonyl (C=O) groups is 2. The van der Waals surface area contributed by atoms with Crippen LogP contribution in [0.15, 0.2) is 115 Å². The molecule has 6 rings (SSSR count). The molecule has 0 aromatic heterocycles. The minimum absolute atomic E-state index is 0.0194. The van der Waals surface area contributed by atoms with E-state index in [4.69, 9.17) is 33.2 Å². The number of nitrogens with one attached hydrogen (secondary N) is 1. The van der Waals surface area contributed by atoms with Gasteiger partial charge in [-0.1, -0.05) is 127 Å². The molecular formula is C45H49NO9. The Labute approximate surface area is 323 Å². The molecule has 0 spiro atoms. The number of esters is 1. The third-order valence-corrected chi connectivity index (χ3v) is 9.04. The maximum Gasteiger partial charge on any atom is 0.408 e. The maximum absolute atomic E-state index is 13.5. The minimum Gasteiger partial charge on any atom is -0.459 e. The van der Waals surface area contributed by atoms with E-state index in [9.17, 15) is 9.59 Å². The van der Waals surface area contributed by atoms with Gasteiger partial charge in [0, 0.05) is 6.42 Å². The standard InChI is InChI=1S/C45H49NO9/c1-45(2,3)55-44(48)46-37-24-15-25-38-40(50-26-32-16-7-4-8-17-32)42(52-28-34-20-11-6-12-21-34)41(51-27-33-18-9-5-10-19-33)39(54-38)31-49-29-35-22-13-14-23-36(35)30-53-43(37)47/h4-14,16-23,37-42H,24,26-31H2,1-3H3,(H,46,48)/t37-,38+,39?,40?,41-,42?/m1/s1. The van der Waals surface area contributed by atoms with Crippen LogP contribution < -0.4 is 5.32 Å². The second-order valence-electron chi connectivity index (χ2n) is 14.5. The fourth-order valence-electron chi connectivity index (χ4n) is 6.32. The lowest BCUT2D eigenvalue weighted by Crippen LogP contribution is -2.60. The quantitative estimate of drug-likeness (QED) is 0.135. The third-order valence-electron chi connectivity index (χ3n) is 9.04. The predicted octanol–water partition coefficient (Wildman–Crippen LogP) is 7.07. The molecule has 0 saturated carbocycles. The van der Waals surface area contributed by atoms with Gasteiger partial charge in [0.1, 0.15) is 48.8 Å². The summed E-state index contributed by atoms with van der Waals surface area (Å²) in [6.07, 6.45) is -4.28. The highest BCUT2D eigenvalue weighted by atomic mass is 16.6. The zero-order valence-corrected chi connectivity index (χ0v) is 31.6. The molecule has 2 heterocycles. The lowest BCUT2D eigenvalue weighted by Gasteiger charge is -2.45. The van der Waals surface area contributed by atoms with Crippen molar-refractivity contribution in [3.63, 3.8) is 0 Å². The molecule has 0 aliphatic carbocycles. The average Bonchev–Trinajstić information content (AvgIpc) is 3.18. The van der Waals surface area contributed by atoms with Crippen LogP contribution in [0, 0.1) is 11.8 Å². The van der Waals surface area contributed by atoms with Crippen LogP contribution in [0.25, 0.3) is 0 Å². The van der Waals surface area contributed by atoms with E-state index in [1.165, 1.54) is 0 Å². The number of ether oxygens (including phenoxy) is 7. The molecule has 1 amide bonds. The first-order valence-electron chi connectivity index (χ1n) is 18.6. The van der Waals surface area contributed by atoms with Crippen LogP contribution in [0.2, 0.25) is 0 Å². The Bertz CT molecular complexity index is 1870. The van der Waals surface area contributed by atoms with E-state index in [1.54, 1.807) is 20.8 Å². The molecule has 4 aromatic rings. The summed E-state index contributed by atoms with van der Waals surface area (Å²) in [5, 5.41) is 2.66. The van der Waals surface area contributed by atoms with Crippen molar-refractivity contribution in [2.75, 3.05) is 6.61 Å². The van der Waals surface area contributed by atoms with Gasteiger partial charge < -0.3 is 38.5 Å². The highest BCUT2D eigenvalue weighted by molar-refractivity contribution is 5.81. The van der Waals surface area contributed by atoms with Crippen molar-refractivity contribution < 1.29 is 42.7 Å². The highest BCUT2D eigenvalue weighted by Crippen LogP contribution is 2.31. The van der Waals surface area contributed by atoms with E-state index in [1.807, 2.05) is 115 Å². The van der Waals surface area contributed by atoms with Gasteiger partial charge in [-0.3, -0.25) is 0 Å². The zero-order valence-electron chi connectivity index (χ0n) is 31.6. The van der Waals surface area contributed by atoms with Crippen LogP contribution in [0.3, 0.4) is 0 Å². The zero-order chi connectivity index (χ0) is 38.5. The van der Waals surface area contributed by atoms with Gasteiger partial charge >= 0.3 is 12.1 Å². The largest absolute Gasteiger partial charge is 0.459 e. The minimum atomic E-state index is -1.12. The number of hydrogen-bond acceptors (Lipinski definition) is 9. The van der Waals surface area contributed by atoms with E-state index in [-0.39, 0.29) is 39.5 Å². The van der Waals surface area contributed by atoms with Crippen LogP contribution in [0.4, 0.5) is 4.79 Å². The van der Waals surface area contributed by atoms with Crippen LogP contribution in [-0.2, 0) is 71.0 Å². The lowest BCUT2D eigenvalue weighted by molar-refractivity contribution is -0.261. The Hall–Kier alpha value is -5.02. The highest BCUT2D eigenvalue weighted by Gasteiger charge is 2.48. The molecule has 3 unspecified atom stereocenters. The Morgan fingerprint density at radius 3 is 1.78 bits per heavy atom. The smallest absolute Gasteiger partial charge is 0.408 e. The van der Waals surface area contributed by atoms with Gasteiger partial charge in [0.15, 0.2) is 0 Å². The summed E-state index contributed by atoms with van der Waals surface area (Å²) in [5.41, 5.74) is 3.77. The van der Waals surface area contributed by atoms with Gasteiger partial charge in [-0.2, -0.15) is 0 Å². The third kappa shape index (κ3) is 12.0. The molecule has 4 aromatic carbocycles. The normalized spacial score (nSPS) is 23.1. The molecule has 0 radical (unpaired) electrons. The molecule has 6 atom stereocenters. The number of rotatable bonds is 10. The van der Waals surface area contributed by atoms with Crippen molar-refractivity contribution >= 4 is 12.1 Å². The second kappa shape index (κ2) is 19.5. The second-order valence-corrected chi connectivity index (χ2v) is 14.5. The summed E-state index contributed by atoms with van der Waals surface area (Å²) in [5.74, 6) is 5.69. The lowest BCUT2D eigenvalue weighted by atomic mass is 9.94. The number of benzene rings is 4. The molecule has 2 aliphatic rings. The summed E-state index contributed by atoms with van der Waals surface area (Å²) in [7, 11) is 0. The molecular weight excluding hydrogens is 698 g/mol. The molecule has 2 bridgehead atoms. The Balaban J connectivity index is 1.37. The first-order chi connectivity index (χ1) is 26.7. The van der Waals surface area contributed by atoms with Crippen LogP contribution in [0.5, 0.6) is 0 Å². The van der Waals surface area contributed by atoms with Gasteiger partial charge in [0.2, 0.25) is 0 Å². The molecule has 10 nitrogen and oxygen atoms in total. The monoisotopic (exact) mass is 747 g/mol. The van der Waals surface area contributed by atoms with Crippen molar-refractivity contribution in [1.82, 2.24) is 5.32 Å². The fraction of sp³-hybridized carbons (Fsp3) is 0.378. The van der Waals surface area contributed by atoms with Gasteiger partial charge in [-0.05, 0) is 48.6 Å². The molecule has 1 N–H and O–H groups in total. The van der Waals surface area contributed by atoms with Crippen molar-refractivity contribution in [2.24, 2.45) is 0 Å². The maximum atomic E-state index is 13.5. The van der Waals surface area contributed by atoms with E-state index in [0.717, 1.165) is 27.8 Å². The van der Waals surface area contributed by atoms with Gasteiger partial charge in [0.25, 0.3) is 0 Å². The van der Waals surface area contributed by atoms with Gasteiger partial charge in [-0.25, -0.2) is 9.59 Å². The molecule has 10 heteroatoms. The average molecular weight is 748 g/mol. The first kappa shape index (κ1) is 39.7. The summed E-state index contributed by atoms with van der Waals surface area (Å²) in [4.78, 5) is 26.4. The predicted molar refractivity (Wildman–Crippen MR) is 205 cm³/mol. The summed E-state index contributed by atoms with van der Waals surface area (Å²) < 4.78 is 44.6. The first-order valence-corrected chi connectivity index (χ1v) is 18.6. The number of amides is 1.